The van der Waals surface area contributed by atoms with Gasteiger partial charge < -0.3 is 15.3 Å². The zero-order valence-corrected chi connectivity index (χ0v) is 29.0. The van der Waals surface area contributed by atoms with Crippen molar-refractivity contribution in [3.8, 4) is 33.4 Å². The average Bonchev–Trinajstić information content (AvgIpc) is 3.05. The van der Waals surface area contributed by atoms with Gasteiger partial charge in [0.1, 0.15) is 0 Å². The van der Waals surface area contributed by atoms with Crippen LogP contribution in [-0.2, 0) is 0 Å². The average molecular weight is 643 g/mol. The van der Waals surface area contributed by atoms with Crippen LogP contribution in [0.2, 0.25) is 0 Å². The second-order valence-corrected chi connectivity index (χ2v) is 12.7. The van der Waals surface area contributed by atoms with Crippen LogP contribution in [0.5, 0.6) is 0 Å². The van der Waals surface area contributed by atoms with Crippen molar-refractivity contribution >= 4 is 34.6 Å². The van der Waals surface area contributed by atoms with E-state index in [1.807, 2.05) is 86.6 Å². The van der Waals surface area contributed by atoms with Crippen molar-refractivity contribution in [3.63, 3.8) is 0 Å². The molecule has 0 amide bonds. The lowest BCUT2D eigenvalue weighted by molar-refractivity contribution is 0.0651. The van der Waals surface area contributed by atoms with Crippen molar-refractivity contribution in [1.82, 2.24) is 0 Å². The molecule has 0 bridgehead atoms. The van der Waals surface area contributed by atoms with E-state index in [2.05, 4.69) is 0 Å². The van der Waals surface area contributed by atoms with Crippen molar-refractivity contribution in [3.05, 3.63) is 123 Å². The van der Waals surface area contributed by atoms with Gasteiger partial charge in [0, 0.05) is 16.7 Å². The molecular weight excluding hydrogens is 600 g/mol. The molecule has 6 nitrogen and oxygen atoms in total. The van der Waals surface area contributed by atoms with Gasteiger partial charge in [-0.15, -0.1) is 0 Å². The standard InChI is InChI=1S/C42H42O6/c1-22(2)25(7)28-16-10-13-19-31(28)34-35(32-20-14-11-17-29(32)26(8)23(3)4)38(41(45)46)39(42(47)48)36(37(34)40(43)44)33-21-15-12-18-30(33)27(9)24(5)6/h10-21H,1-9H3,(H,43,44)(H,45,46)(H,47,48). The van der Waals surface area contributed by atoms with Gasteiger partial charge in [0.05, 0.1) is 16.7 Å². The first-order valence-electron chi connectivity index (χ1n) is 15.8. The summed E-state index contributed by atoms with van der Waals surface area (Å²) in [6, 6.07) is 21.4. The first-order chi connectivity index (χ1) is 22.6. The van der Waals surface area contributed by atoms with Crippen LogP contribution in [-0.4, -0.2) is 33.2 Å². The number of carboxylic acid groups (broad SMARTS) is 3. The third kappa shape index (κ3) is 6.39. The molecule has 3 N–H and O–H groups in total. The molecule has 246 valence electrons. The van der Waals surface area contributed by atoms with E-state index in [4.69, 9.17) is 0 Å². The first kappa shape index (κ1) is 35.4. The van der Waals surface area contributed by atoms with Crippen molar-refractivity contribution < 1.29 is 29.7 Å². The van der Waals surface area contributed by atoms with Crippen LogP contribution in [0.15, 0.2) is 89.5 Å². The van der Waals surface area contributed by atoms with Gasteiger partial charge in [0.25, 0.3) is 0 Å². The van der Waals surface area contributed by atoms with Gasteiger partial charge in [-0.05, 0) is 112 Å². The highest BCUT2D eigenvalue weighted by atomic mass is 16.4. The maximum atomic E-state index is 13.8. The predicted octanol–water partition coefficient (Wildman–Crippen LogP) is 11.2. The van der Waals surface area contributed by atoms with Gasteiger partial charge >= 0.3 is 17.9 Å². The molecule has 0 aliphatic carbocycles. The molecule has 0 fully saturated rings. The molecule has 0 aliphatic rings. The molecule has 0 radical (unpaired) electrons. The number of allylic oxidation sites excluding steroid dienone is 6. The van der Waals surface area contributed by atoms with Crippen LogP contribution in [0, 0.1) is 0 Å². The van der Waals surface area contributed by atoms with Crippen molar-refractivity contribution in [1.29, 1.82) is 0 Å². The summed E-state index contributed by atoms with van der Waals surface area (Å²) >= 11 is 0. The van der Waals surface area contributed by atoms with Crippen LogP contribution < -0.4 is 0 Å². The van der Waals surface area contributed by atoms with E-state index in [1.165, 1.54) is 0 Å². The van der Waals surface area contributed by atoms with E-state index in [1.54, 1.807) is 48.5 Å². The fourth-order valence-electron chi connectivity index (χ4n) is 6.09. The van der Waals surface area contributed by atoms with Crippen LogP contribution in [0.3, 0.4) is 0 Å². The molecule has 0 heterocycles. The smallest absolute Gasteiger partial charge is 0.337 e. The maximum Gasteiger partial charge on any atom is 0.337 e. The molecule has 48 heavy (non-hydrogen) atoms. The summed E-state index contributed by atoms with van der Waals surface area (Å²) < 4.78 is 0. The lowest BCUT2D eigenvalue weighted by Gasteiger charge is -2.26. The molecule has 0 aliphatic heterocycles. The molecule has 0 unspecified atom stereocenters. The number of hydrogen-bond donors (Lipinski definition) is 3. The summed E-state index contributed by atoms with van der Waals surface area (Å²) in [4.78, 5) is 40.9. The number of carboxylic acids is 3. The fraction of sp³-hybridized carbons (Fsp3) is 0.214. The number of carbonyl (C=O) groups is 3. The number of rotatable bonds is 9. The zero-order chi connectivity index (χ0) is 35.6. The van der Waals surface area contributed by atoms with E-state index in [0.29, 0.717) is 27.8 Å². The van der Waals surface area contributed by atoms with Gasteiger partial charge in [0.15, 0.2) is 0 Å². The van der Waals surface area contributed by atoms with E-state index >= 15 is 0 Å². The SMILES string of the molecule is CC(C)=C(C)c1ccccc1-c1c(C(=O)O)c(C(=O)O)c(-c2ccccc2C(C)=C(C)C)c(-c2ccccc2C(C)=C(C)C)c1C(=O)O. The second-order valence-electron chi connectivity index (χ2n) is 12.7. The highest BCUT2D eigenvalue weighted by molar-refractivity contribution is 6.21. The molecule has 0 saturated carbocycles. The molecule has 0 spiro atoms. The Balaban J connectivity index is 2.54. The van der Waals surface area contributed by atoms with Crippen LogP contribution in [0.4, 0.5) is 0 Å². The lowest BCUT2D eigenvalue weighted by atomic mass is 9.75. The largest absolute Gasteiger partial charge is 0.478 e. The zero-order valence-electron chi connectivity index (χ0n) is 29.0. The monoisotopic (exact) mass is 642 g/mol. The Bertz CT molecular complexity index is 2080. The molecule has 6 heteroatoms. The van der Waals surface area contributed by atoms with Crippen LogP contribution >= 0.6 is 0 Å². The van der Waals surface area contributed by atoms with E-state index in [9.17, 15) is 29.7 Å². The summed E-state index contributed by atoms with van der Waals surface area (Å²) in [6.45, 7) is 17.4. The van der Waals surface area contributed by atoms with Crippen LogP contribution in [0.25, 0.3) is 50.1 Å². The Hall–Kier alpha value is -5.49. The summed E-state index contributed by atoms with van der Waals surface area (Å²) in [6.07, 6.45) is 0. The van der Waals surface area contributed by atoms with Crippen molar-refractivity contribution in [2.75, 3.05) is 0 Å². The summed E-state index contributed by atoms with van der Waals surface area (Å²) in [5.41, 5.74) is 7.47. The van der Waals surface area contributed by atoms with Crippen molar-refractivity contribution in [2.45, 2.75) is 62.3 Å². The lowest BCUT2D eigenvalue weighted by Crippen LogP contribution is -2.19. The van der Waals surface area contributed by atoms with E-state index in [-0.39, 0.29) is 22.3 Å². The van der Waals surface area contributed by atoms with Gasteiger partial charge in [-0.3, -0.25) is 0 Å². The first-order valence-corrected chi connectivity index (χ1v) is 15.8. The van der Waals surface area contributed by atoms with Gasteiger partial charge in [0.2, 0.25) is 0 Å². The topological polar surface area (TPSA) is 112 Å². The molecule has 4 aromatic rings. The number of benzene rings is 4. The van der Waals surface area contributed by atoms with E-state index < -0.39 is 29.0 Å². The fourth-order valence-corrected chi connectivity index (χ4v) is 6.09. The summed E-state index contributed by atoms with van der Waals surface area (Å²) in [5.74, 6) is -4.38. The Morgan fingerprint density at radius 3 is 0.917 bits per heavy atom. The van der Waals surface area contributed by atoms with Crippen LogP contribution in [0.1, 0.15) is 110 Å². The molecule has 0 saturated heterocycles. The Kier molecular flexibility index (Phi) is 10.4. The Morgan fingerprint density at radius 2 is 0.625 bits per heavy atom. The predicted molar refractivity (Wildman–Crippen MR) is 195 cm³/mol. The molecule has 0 atom stereocenters. The van der Waals surface area contributed by atoms with Gasteiger partial charge in [-0.2, -0.15) is 0 Å². The maximum absolute atomic E-state index is 13.8. The number of aromatic carboxylic acids is 3. The quantitative estimate of drug-likeness (QED) is 0.167. The molecule has 4 rings (SSSR count). The molecular formula is C42H42O6. The highest BCUT2D eigenvalue weighted by Gasteiger charge is 2.37. The third-order valence-corrected chi connectivity index (χ3v) is 9.19. The summed E-state index contributed by atoms with van der Waals surface area (Å²) in [5, 5.41) is 33.2. The van der Waals surface area contributed by atoms with Gasteiger partial charge in [-0.1, -0.05) is 89.5 Å². The minimum Gasteiger partial charge on any atom is -0.478 e. The second kappa shape index (κ2) is 14.1. The number of hydrogen-bond acceptors (Lipinski definition) is 3. The highest BCUT2D eigenvalue weighted by Crippen LogP contribution is 2.50. The minimum absolute atomic E-state index is 0.0441. The molecule has 0 aromatic heterocycles. The third-order valence-electron chi connectivity index (χ3n) is 9.19. The minimum atomic E-state index is -1.53. The summed E-state index contributed by atoms with van der Waals surface area (Å²) in [7, 11) is 0. The van der Waals surface area contributed by atoms with E-state index in [0.717, 1.165) is 39.0 Å². The Labute approximate surface area is 282 Å². The van der Waals surface area contributed by atoms with Gasteiger partial charge in [-0.25, -0.2) is 14.4 Å². The Morgan fingerprint density at radius 1 is 0.375 bits per heavy atom. The molecule has 4 aromatic carbocycles. The van der Waals surface area contributed by atoms with Crippen molar-refractivity contribution in [2.24, 2.45) is 0 Å². The normalized spacial score (nSPS) is 10.7.